The molecule has 0 spiro atoms. The van der Waals surface area contributed by atoms with Crippen LogP contribution in [0.2, 0.25) is 0 Å². The van der Waals surface area contributed by atoms with Crippen LogP contribution in [0.4, 0.5) is 5.69 Å². The molecule has 1 fully saturated rings. The third kappa shape index (κ3) is 4.53. The first-order valence-corrected chi connectivity index (χ1v) is 11.0. The molecule has 0 aliphatic carbocycles. The number of anilines is 1. The molecule has 0 saturated carbocycles. The second-order valence-electron chi connectivity index (χ2n) is 8.37. The molecule has 166 valence electrons. The highest BCUT2D eigenvalue weighted by Crippen LogP contribution is 2.45. The van der Waals surface area contributed by atoms with E-state index in [-0.39, 0.29) is 41.6 Å². The van der Waals surface area contributed by atoms with E-state index < -0.39 is 0 Å². The number of carbonyl (C=O) groups is 4. The second-order valence-corrected chi connectivity index (χ2v) is 8.37. The fourth-order valence-electron chi connectivity index (χ4n) is 4.33. The minimum atomic E-state index is -0.340. The minimum Gasteiger partial charge on any atom is -0.304 e. The average molecular weight is 440 g/mol. The van der Waals surface area contributed by atoms with Crippen LogP contribution in [0.3, 0.4) is 0 Å². The number of benzene rings is 3. The van der Waals surface area contributed by atoms with E-state index in [1.54, 1.807) is 53.4 Å². The highest BCUT2D eigenvalue weighted by molar-refractivity contribution is 6.04. The van der Waals surface area contributed by atoms with Crippen molar-refractivity contribution in [2.24, 2.45) is 5.92 Å². The third-order valence-electron chi connectivity index (χ3n) is 6.20. The predicted octanol–water partition coefficient (Wildman–Crippen LogP) is 5.46. The number of nitrogens with zero attached hydrogens (tertiary/aromatic N) is 1. The zero-order valence-electron chi connectivity index (χ0n) is 18.7. The van der Waals surface area contributed by atoms with Crippen LogP contribution in [-0.4, -0.2) is 23.3 Å². The highest BCUT2D eigenvalue weighted by atomic mass is 16.2. The Morgan fingerprint density at radius 3 is 1.82 bits per heavy atom. The van der Waals surface area contributed by atoms with Gasteiger partial charge >= 0.3 is 0 Å². The molecule has 5 nitrogen and oxygen atoms in total. The lowest BCUT2D eigenvalue weighted by atomic mass is 9.78. The van der Waals surface area contributed by atoms with Crippen LogP contribution < -0.4 is 4.90 Å². The van der Waals surface area contributed by atoms with Gasteiger partial charge in [0.25, 0.3) is 0 Å². The smallest absolute Gasteiger partial charge is 0.233 e. The number of hydrogen-bond acceptors (Lipinski definition) is 4. The molecule has 4 rings (SSSR count). The van der Waals surface area contributed by atoms with Gasteiger partial charge in [0.05, 0.1) is 12.0 Å². The zero-order valence-corrected chi connectivity index (χ0v) is 18.7. The van der Waals surface area contributed by atoms with Crippen LogP contribution >= 0.6 is 0 Å². The van der Waals surface area contributed by atoms with Gasteiger partial charge in [0.15, 0.2) is 17.3 Å². The van der Waals surface area contributed by atoms with Gasteiger partial charge in [-0.15, -0.1) is 0 Å². The number of carbonyl (C=O) groups excluding carboxylic acids is 4. The molecule has 3 aromatic rings. The summed E-state index contributed by atoms with van der Waals surface area (Å²) in [4.78, 5) is 50.8. The van der Waals surface area contributed by atoms with Gasteiger partial charge < -0.3 is 4.90 Å². The Bertz CT molecular complexity index is 1200. The van der Waals surface area contributed by atoms with E-state index in [0.29, 0.717) is 28.8 Å². The Morgan fingerprint density at radius 2 is 1.27 bits per heavy atom. The molecule has 1 aliphatic rings. The normalized spacial score (nSPS) is 17.4. The first-order chi connectivity index (χ1) is 15.9. The molecule has 0 radical (unpaired) electrons. The van der Waals surface area contributed by atoms with Crippen molar-refractivity contribution in [3.05, 3.63) is 101 Å². The molecule has 1 saturated heterocycles. The zero-order chi connectivity index (χ0) is 23.5. The summed E-state index contributed by atoms with van der Waals surface area (Å²) in [7, 11) is 0. The van der Waals surface area contributed by atoms with Gasteiger partial charge in [-0.05, 0) is 50.1 Å². The van der Waals surface area contributed by atoms with E-state index in [4.69, 9.17) is 0 Å². The molecule has 2 atom stereocenters. The van der Waals surface area contributed by atoms with E-state index in [0.717, 1.165) is 5.56 Å². The lowest BCUT2D eigenvalue weighted by molar-refractivity contribution is -0.130. The molecule has 0 unspecified atom stereocenters. The molecule has 1 heterocycles. The largest absolute Gasteiger partial charge is 0.304 e. The fourth-order valence-corrected chi connectivity index (χ4v) is 4.33. The van der Waals surface area contributed by atoms with Crippen LogP contribution in [0.25, 0.3) is 0 Å². The number of amides is 1. The molecular formula is C28H25NO4. The van der Waals surface area contributed by atoms with Gasteiger partial charge in [-0.2, -0.15) is 0 Å². The molecular weight excluding hydrogens is 414 g/mol. The van der Waals surface area contributed by atoms with Crippen LogP contribution in [0.15, 0.2) is 78.9 Å². The predicted molar refractivity (Wildman–Crippen MR) is 127 cm³/mol. The van der Waals surface area contributed by atoms with Crippen molar-refractivity contribution < 1.29 is 19.2 Å². The summed E-state index contributed by atoms with van der Waals surface area (Å²) in [6, 6.07) is 23.1. The van der Waals surface area contributed by atoms with E-state index in [9.17, 15) is 19.2 Å². The number of Topliss-reactive ketones (excluding diaryl/α,β-unsaturated/α-hetero) is 3. The lowest BCUT2D eigenvalue weighted by Gasteiger charge is -2.47. The first-order valence-electron chi connectivity index (χ1n) is 11.0. The van der Waals surface area contributed by atoms with E-state index >= 15 is 0 Å². The monoisotopic (exact) mass is 439 g/mol. The maximum absolute atomic E-state index is 13.2. The van der Waals surface area contributed by atoms with Crippen LogP contribution in [0.5, 0.6) is 0 Å². The summed E-state index contributed by atoms with van der Waals surface area (Å²) in [6.07, 6.45) is 0.716. The van der Waals surface area contributed by atoms with Crippen molar-refractivity contribution in [1.82, 2.24) is 0 Å². The highest BCUT2D eigenvalue weighted by Gasteiger charge is 2.48. The minimum absolute atomic E-state index is 0.0124. The molecule has 3 aromatic carbocycles. The van der Waals surface area contributed by atoms with E-state index in [1.807, 2.05) is 30.3 Å². The van der Waals surface area contributed by atoms with Gasteiger partial charge in [-0.25, -0.2) is 0 Å². The number of β-lactam (4-membered cyclic amide) rings is 1. The summed E-state index contributed by atoms with van der Waals surface area (Å²) in [5, 5.41) is 0. The van der Waals surface area contributed by atoms with Crippen molar-refractivity contribution in [2.75, 3.05) is 4.90 Å². The molecule has 5 heteroatoms. The topological polar surface area (TPSA) is 71.5 Å². The van der Waals surface area contributed by atoms with Crippen LogP contribution in [0.1, 0.15) is 69.4 Å². The van der Waals surface area contributed by atoms with Crippen molar-refractivity contribution in [2.45, 2.75) is 32.7 Å². The fraction of sp³-hybridized carbons (Fsp3) is 0.214. The van der Waals surface area contributed by atoms with Gasteiger partial charge in [-0.1, -0.05) is 54.6 Å². The summed E-state index contributed by atoms with van der Waals surface area (Å²) in [5.41, 5.74) is 3.45. The van der Waals surface area contributed by atoms with Gasteiger partial charge in [0.2, 0.25) is 5.91 Å². The van der Waals surface area contributed by atoms with Crippen molar-refractivity contribution in [1.29, 1.82) is 0 Å². The Balaban J connectivity index is 1.60. The van der Waals surface area contributed by atoms with Gasteiger partial charge in [0, 0.05) is 28.8 Å². The van der Waals surface area contributed by atoms with E-state index in [2.05, 4.69) is 0 Å². The van der Waals surface area contributed by atoms with Gasteiger partial charge in [0.1, 0.15) is 0 Å². The second kappa shape index (κ2) is 9.33. The molecule has 0 N–H and O–H groups in total. The molecule has 33 heavy (non-hydrogen) atoms. The number of ketones is 3. The quantitative estimate of drug-likeness (QED) is 0.345. The third-order valence-corrected chi connectivity index (χ3v) is 6.20. The Morgan fingerprint density at radius 1 is 0.727 bits per heavy atom. The van der Waals surface area contributed by atoms with Crippen molar-refractivity contribution in [3.63, 3.8) is 0 Å². The van der Waals surface area contributed by atoms with Gasteiger partial charge in [-0.3, -0.25) is 19.2 Å². The summed E-state index contributed by atoms with van der Waals surface area (Å²) >= 11 is 0. The summed E-state index contributed by atoms with van der Waals surface area (Å²) < 4.78 is 0. The molecule has 1 aliphatic heterocycles. The SMILES string of the molecule is CC(=O)c1ccc([C@@H]2[C@@H](CCC(=O)c3ccccc3)C(=O)N2c2ccc(C(C)=O)cc2)cc1. The molecule has 0 aromatic heterocycles. The molecule has 0 bridgehead atoms. The summed E-state index contributed by atoms with van der Waals surface area (Å²) in [5.74, 6) is -0.433. The Hall–Kier alpha value is -3.86. The van der Waals surface area contributed by atoms with Crippen LogP contribution in [-0.2, 0) is 4.79 Å². The molecule has 1 amide bonds. The lowest BCUT2D eigenvalue weighted by Crippen LogP contribution is -2.55. The Labute approximate surface area is 193 Å². The standard InChI is InChI=1S/C28H25NO4/c1-18(30)20-8-10-23(11-9-20)27-25(16-17-26(32)22-6-4-3-5-7-22)28(33)29(27)24-14-12-21(13-15-24)19(2)31/h3-15,25,27H,16-17H2,1-2H3/t25-,27-/m1/s1. The Kier molecular flexibility index (Phi) is 6.31. The van der Waals surface area contributed by atoms with Crippen LogP contribution in [0, 0.1) is 5.92 Å². The van der Waals surface area contributed by atoms with E-state index in [1.165, 1.54) is 13.8 Å². The average Bonchev–Trinajstić information content (AvgIpc) is 2.83. The maximum Gasteiger partial charge on any atom is 0.233 e. The maximum atomic E-state index is 13.2. The first kappa shape index (κ1) is 22.3. The number of rotatable bonds is 8. The van der Waals surface area contributed by atoms with Crippen molar-refractivity contribution in [3.8, 4) is 0 Å². The number of hydrogen-bond donors (Lipinski definition) is 0. The summed E-state index contributed by atoms with van der Waals surface area (Å²) in [6.45, 7) is 3.02. The van der Waals surface area contributed by atoms with Crippen molar-refractivity contribution >= 4 is 28.9 Å².